The highest BCUT2D eigenvalue weighted by Gasteiger charge is 2.33. The first-order valence-corrected chi connectivity index (χ1v) is 5.12. The number of aliphatic hydroxyl groups is 1. The second-order valence-corrected chi connectivity index (χ2v) is 3.86. The van der Waals surface area contributed by atoms with E-state index in [0.717, 1.165) is 6.54 Å². The minimum atomic E-state index is -1.32. The molecule has 0 saturated carbocycles. The van der Waals surface area contributed by atoms with Gasteiger partial charge in [0.1, 0.15) is 12.0 Å². The van der Waals surface area contributed by atoms with Crippen molar-refractivity contribution < 1.29 is 15.0 Å². The number of carbonyl (C=O) groups is 1. The molecule has 1 aromatic rings. The van der Waals surface area contributed by atoms with Crippen LogP contribution in [0.2, 0.25) is 0 Å². The van der Waals surface area contributed by atoms with Gasteiger partial charge in [-0.1, -0.05) is 0 Å². The fourth-order valence-corrected chi connectivity index (χ4v) is 1.84. The van der Waals surface area contributed by atoms with E-state index >= 15 is 0 Å². The smallest absolute Gasteiger partial charge is 0.158 e. The van der Waals surface area contributed by atoms with Gasteiger partial charge in [-0.2, -0.15) is 0 Å². The van der Waals surface area contributed by atoms with Crippen LogP contribution in [0.5, 0.6) is 5.75 Å². The summed E-state index contributed by atoms with van der Waals surface area (Å²) in [6.07, 6.45) is 0.683. The lowest BCUT2D eigenvalue weighted by molar-refractivity contribution is -0.0131. The van der Waals surface area contributed by atoms with Gasteiger partial charge in [0, 0.05) is 30.8 Å². The lowest BCUT2D eigenvalue weighted by Gasteiger charge is -2.34. The molecule has 1 heterocycles. The number of aromatic hydroxyl groups is 1. The van der Waals surface area contributed by atoms with Crippen molar-refractivity contribution in [2.24, 2.45) is 0 Å². The first kappa shape index (κ1) is 13.9. The Bertz CT molecular complexity index is 406. The van der Waals surface area contributed by atoms with Crippen molar-refractivity contribution in [1.82, 2.24) is 10.6 Å². The Balaban J connectivity index is 0.00000144. The quantitative estimate of drug-likeness (QED) is 0.560. The minimum absolute atomic E-state index is 0. The summed E-state index contributed by atoms with van der Waals surface area (Å²) < 4.78 is 0. The summed E-state index contributed by atoms with van der Waals surface area (Å²) in [5, 5.41) is 25.9. The van der Waals surface area contributed by atoms with Crippen molar-refractivity contribution >= 4 is 18.7 Å². The van der Waals surface area contributed by atoms with Crippen LogP contribution < -0.4 is 10.6 Å². The van der Waals surface area contributed by atoms with E-state index < -0.39 is 5.72 Å². The van der Waals surface area contributed by atoms with Crippen molar-refractivity contribution in [2.45, 2.75) is 5.72 Å². The highest BCUT2D eigenvalue weighted by Crippen LogP contribution is 2.28. The number of phenols is 1. The Morgan fingerprint density at radius 1 is 1.35 bits per heavy atom. The van der Waals surface area contributed by atoms with Crippen LogP contribution in [0, 0.1) is 0 Å². The van der Waals surface area contributed by atoms with E-state index in [1.54, 1.807) is 0 Å². The van der Waals surface area contributed by atoms with Crippen molar-refractivity contribution in [3.8, 4) is 5.75 Å². The maximum absolute atomic E-state index is 10.7. The topological polar surface area (TPSA) is 81.6 Å². The summed E-state index contributed by atoms with van der Waals surface area (Å²) in [7, 11) is 0. The summed E-state index contributed by atoms with van der Waals surface area (Å²) >= 11 is 0. The first-order chi connectivity index (χ1) is 7.65. The van der Waals surface area contributed by atoms with E-state index in [0.29, 0.717) is 30.5 Å². The second kappa shape index (κ2) is 5.46. The number of rotatable bonds is 2. The fourth-order valence-electron chi connectivity index (χ4n) is 1.84. The number of carbonyl (C=O) groups excluding carboxylic acids is 1. The number of β-amino-alcohol motifs (C(OH)–C–C–N with tert-alkyl or cyclic N) is 1. The maximum atomic E-state index is 10.7. The molecule has 1 aromatic carbocycles. The largest absolute Gasteiger partial charge is 0.508 e. The molecule has 4 N–H and O–H groups in total. The van der Waals surface area contributed by atoms with Gasteiger partial charge in [0.25, 0.3) is 0 Å². The molecule has 0 aliphatic carbocycles. The van der Waals surface area contributed by atoms with E-state index in [-0.39, 0.29) is 18.2 Å². The molecule has 0 amide bonds. The zero-order chi connectivity index (χ0) is 11.6. The molecule has 17 heavy (non-hydrogen) atoms. The van der Waals surface area contributed by atoms with Gasteiger partial charge < -0.3 is 15.5 Å². The summed E-state index contributed by atoms with van der Waals surface area (Å²) in [5.74, 6) is -0.0238. The van der Waals surface area contributed by atoms with Gasteiger partial charge in [0.2, 0.25) is 0 Å². The van der Waals surface area contributed by atoms with E-state index in [1.165, 1.54) is 18.2 Å². The molecular weight excluding hydrogens is 244 g/mol. The molecule has 1 aliphatic heterocycles. The second-order valence-electron chi connectivity index (χ2n) is 3.86. The number of phenolic OH excluding ortho intramolecular Hbond substituents is 1. The monoisotopic (exact) mass is 258 g/mol. The van der Waals surface area contributed by atoms with Crippen LogP contribution in [0.15, 0.2) is 18.2 Å². The third-order valence-electron chi connectivity index (χ3n) is 2.70. The Morgan fingerprint density at radius 3 is 2.71 bits per heavy atom. The number of piperazine rings is 1. The van der Waals surface area contributed by atoms with Gasteiger partial charge in [-0.3, -0.25) is 10.1 Å². The van der Waals surface area contributed by atoms with E-state index in [9.17, 15) is 15.0 Å². The van der Waals surface area contributed by atoms with Crippen LogP contribution in [0.4, 0.5) is 0 Å². The molecule has 6 heteroatoms. The van der Waals surface area contributed by atoms with Gasteiger partial charge in [-0.05, 0) is 18.2 Å². The van der Waals surface area contributed by atoms with Crippen LogP contribution in [0.25, 0.3) is 0 Å². The predicted octanol–water partition coefficient (Wildman–Crippen LogP) is -0.0356. The number of nitrogens with one attached hydrogen (secondary N) is 2. The Labute approximate surface area is 105 Å². The molecular formula is C11H15ClN2O3. The number of hydrogen-bond donors (Lipinski definition) is 4. The maximum Gasteiger partial charge on any atom is 0.158 e. The average molecular weight is 259 g/mol. The predicted molar refractivity (Wildman–Crippen MR) is 65.5 cm³/mol. The first-order valence-electron chi connectivity index (χ1n) is 5.12. The van der Waals surface area contributed by atoms with Gasteiger partial charge in [0.05, 0.1) is 0 Å². The zero-order valence-corrected chi connectivity index (χ0v) is 9.96. The SMILES string of the molecule is Cl.O=Cc1ccc(O)c([C@@]2(O)CNCCN2)c1. The lowest BCUT2D eigenvalue weighted by atomic mass is 9.98. The normalized spacial score (nSPS) is 23.8. The summed E-state index contributed by atoms with van der Waals surface area (Å²) in [4.78, 5) is 10.7. The fraction of sp³-hybridized carbons (Fsp3) is 0.364. The number of benzene rings is 1. The van der Waals surface area contributed by atoms with Crippen LogP contribution >= 0.6 is 12.4 Å². The average Bonchev–Trinajstić information content (AvgIpc) is 2.30. The molecule has 1 aliphatic rings. The minimum Gasteiger partial charge on any atom is -0.508 e. The molecule has 2 rings (SSSR count). The van der Waals surface area contributed by atoms with Crippen LogP contribution in [-0.4, -0.2) is 36.1 Å². The number of hydrogen-bond acceptors (Lipinski definition) is 5. The molecule has 0 aromatic heterocycles. The van der Waals surface area contributed by atoms with Gasteiger partial charge in [-0.25, -0.2) is 0 Å². The zero-order valence-electron chi connectivity index (χ0n) is 9.14. The molecule has 94 valence electrons. The van der Waals surface area contributed by atoms with Crippen molar-refractivity contribution in [1.29, 1.82) is 0 Å². The summed E-state index contributed by atoms with van der Waals surface area (Å²) in [6, 6.07) is 4.40. The van der Waals surface area contributed by atoms with Crippen molar-refractivity contribution in [2.75, 3.05) is 19.6 Å². The summed E-state index contributed by atoms with van der Waals surface area (Å²) in [6.45, 7) is 1.65. The highest BCUT2D eigenvalue weighted by atomic mass is 35.5. The molecule has 1 atom stereocenters. The Morgan fingerprint density at radius 2 is 2.12 bits per heavy atom. The van der Waals surface area contributed by atoms with Gasteiger partial charge in [-0.15, -0.1) is 12.4 Å². The third-order valence-corrected chi connectivity index (χ3v) is 2.70. The van der Waals surface area contributed by atoms with Crippen LogP contribution in [-0.2, 0) is 5.72 Å². The lowest BCUT2D eigenvalue weighted by Crippen LogP contribution is -2.56. The standard InChI is InChI=1S/C11H14N2O3.ClH/c14-6-8-1-2-10(15)9(5-8)11(16)7-12-3-4-13-11;/h1-2,5-6,12-13,15-16H,3-4,7H2;1H/t11-;/m0./s1. The molecule has 0 spiro atoms. The number of aldehydes is 1. The Kier molecular flexibility index (Phi) is 4.47. The van der Waals surface area contributed by atoms with E-state index in [2.05, 4.69) is 10.6 Å². The summed E-state index contributed by atoms with van der Waals surface area (Å²) in [5.41, 5.74) is -0.570. The molecule has 1 saturated heterocycles. The molecule has 1 fully saturated rings. The van der Waals surface area contributed by atoms with Crippen LogP contribution in [0.1, 0.15) is 15.9 Å². The Hall–Kier alpha value is -1.14. The highest BCUT2D eigenvalue weighted by molar-refractivity contribution is 5.85. The van der Waals surface area contributed by atoms with Crippen LogP contribution in [0.3, 0.4) is 0 Å². The van der Waals surface area contributed by atoms with Gasteiger partial charge in [0.15, 0.2) is 5.72 Å². The molecule has 0 unspecified atom stereocenters. The van der Waals surface area contributed by atoms with E-state index in [1.807, 2.05) is 0 Å². The molecule has 0 radical (unpaired) electrons. The van der Waals surface area contributed by atoms with Crippen molar-refractivity contribution in [3.05, 3.63) is 29.3 Å². The van der Waals surface area contributed by atoms with E-state index in [4.69, 9.17) is 0 Å². The molecule has 0 bridgehead atoms. The van der Waals surface area contributed by atoms with Gasteiger partial charge >= 0.3 is 0 Å². The van der Waals surface area contributed by atoms with Crippen molar-refractivity contribution in [3.63, 3.8) is 0 Å². The number of halogens is 1. The third kappa shape index (κ3) is 2.76. The molecule has 5 nitrogen and oxygen atoms in total.